The molecular formula is C21H27N7O3. The van der Waals surface area contributed by atoms with E-state index >= 15 is 0 Å². The van der Waals surface area contributed by atoms with E-state index < -0.39 is 0 Å². The Bertz CT molecular complexity index is 1030. The zero-order valence-corrected chi connectivity index (χ0v) is 17.5. The number of piperidine rings is 1. The first kappa shape index (κ1) is 20.1. The fraction of sp³-hybridized carbons (Fsp3) is 0.571. The van der Waals surface area contributed by atoms with Crippen molar-refractivity contribution in [2.45, 2.75) is 44.7 Å². The van der Waals surface area contributed by atoms with Crippen LogP contribution in [-0.4, -0.2) is 60.9 Å². The van der Waals surface area contributed by atoms with Crippen LogP contribution in [0.1, 0.15) is 43.3 Å². The maximum Gasteiger partial charge on any atom is 0.266 e. The number of rotatable bonds is 6. The van der Waals surface area contributed by atoms with E-state index in [1.165, 1.54) is 0 Å². The maximum atomic E-state index is 12.3. The summed E-state index contributed by atoms with van der Waals surface area (Å²) in [6.45, 7) is 4.74. The molecule has 0 aromatic carbocycles. The minimum atomic E-state index is -0.0780. The van der Waals surface area contributed by atoms with Crippen LogP contribution in [0.25, 0.3) is 5.82 Å². The van der Waals surface area contributed by atoms with E-state index in [1.54, 1.807) is 27.7 Å². The summed E-state index contributed by atoms with van der Waals surface area (Å²) >= 11 is 0. The zero-order chi connectivity index (χ0) is 21.0. The largest absolute Gasteiger partial charge is 0.381 e. The predicted molar refractivity (Wildman–Crippen MR) is 111 cm³/mol. The molecule has 0 atom stereocenters. The summed E-state index contributed by atoms with van der Waals surface area (Å²) in [5, 5.41) is 12.9. The van der Waals surface area contributed by atoms with Crippen LogP contribution in [0.2, 0.25) is 0 Å². The standard InChI is InChI=1S/C21H27N7O3/c29-20-3-2-19(27-9-1-8-22-27)24-28(20)14-16-4-10-26(11-5-16)15-18-23-21(31-25-18)17-6-12-30-13-7-17/h1-3,8-9,16-17H,4-7,10-15H2. The lowest BCUT2D eigenvalue weighted by molar-refractivity contribution is 0.0778. The number of aromatic nitrogens is 6. The van der Waals surface area contributed by atoms with Gasteiger partial charge in [-0.3, -0.25) is 9.69 Å². The van der Waals surface area contributed by atoms with Crippen LogP contribution in [0.5, 0.6) is 0 Å². The fourth-order valence-electron chi connectivity index (χ4n) is 4.31. The molecular weight excluding hydrogens is 398 g/mol. The molecule has 3 aromatic heterocycles. The van der Waals surface area contributed by atoms with Crippen LogP contribution in [0.4, 0.5) is 0 Å². The molecule has 3 aromatic rings. The van der Waals surface area contributed by atoms with Crippen molar-refractivity contribution in [3.05, 3.63) is 52.7 Å². The molecule has 0 saturated carbocycles. The van der Waals surface area contributed by atoms with Crippen molar-refractivity contribution >= 4 is 0 Å². The van der Waals surface area contributed by atoms with E-state index in [9.17, 15) is 4.79 Å². The maximum absolute atomic E-state index is 12.3. The van der Waals surface area contributed by atoms with Gasteiger partial charge in [0.05, 0.1) is 6.54 Å². The molecule has 164 valence electrons. The van der Waals surface area contributed by atoms with Gasteiger partial charge in [0.1, 0.15) is 0 Å². The summed E-state index contributed by atoms with van der Waals surface area (Å²) in [5.74, 6) is 2.89. The van der Waals surface area contributed by atoms with Gasteiger partial charge in [0.15, 0.2) is 11.6 Å². The summed E-state index contributed by atoms with van der Waals surface area (Å²) in [4.78, 5) is 19.3. The van der Waals surface area contributed by atoms with E-state index in [0.29, 0.717) is 30.7 Å². The van der Waals surface area contributed by atoms with Gasteiger partial charge < -0.3 is 9.26 Å². The molecule has 10 heteroatoms. The van der Waals surface area contributed by atoms with E-state index in [0.717, 1.165) is 63.7 Å². The molecule has 0 amide bonds. The number of hydrogen-bond acceptors (Lipinski definition) is 8. The Morgan fingerprint density at radius 3 is 2.71 bits per heavy atom. The molecule has 0 N–H and O–H groups in total. The smallest absolute Gasteiger partial charge is 0.266 e. The number of nitrogens with zero attached hydrogens (tertiary/aromatic N) is 7. The molecule has 0 radical (unpaired) electrons. The van der Waals surface area contributed by atoms with Gasteiger partial charge in [0.2, 0.25) is 5.89 Å². The highest BCUT2D eigenvalue weighted by molar-refractivity contribution is 5.17. The summed E-state index contributed by atoms with van der Waals surface area (Å²) in [6, 6.07) is 5.10. The van der Waals surface area contributed by atoms with Gasteiger partial charge in [-0.1, -0.05) is 5.16 Å². The van der Waals surface area contributed by atoms with Crippen molar-refractivity contribution in [3.8, 4) is 5.82 Å². The molecule has 2 saturated heterocycles. The van der Waals surface area contributed by atoms with Gasteiger partial charge in [-0.2, -0.15) is 10.1 Å². The summed E-state index contributed by atoms with van der Waals surface area (Å²) in [6.07, 6.45) is 7.42. The number of hydrogen-bond donors (Lipinski definition) is 0. The summed E-state index contributed by atoms with van der Waals surface area (Å²) in [7, 11) is 0. The second-order valence-electron chi connectivity index (χ2n) is 8.32. The Morgan fingerprint density at radius 2 is 1.94 bits per heavy atom. The molecule has 2 fully saturated rings. The van der Waals surface area contributed by atoms with Crippen molar-refractivity contribution in [1.29, 1.82) is 0 Å². The third kappa shape index (κ3) is 4.75. The topological polar surface area (TPSA) is 104 Å². The molecule has 2 aliphatic heterocycles. The third-order valence-corrected chi connectivity index (χ3v) is 6.15. The highest BCUT2D eigenvalue weighted by Crippen LogP contribution is 2.26. The van der Waals surface area contributed by atoms with Gasteiger partial charge in [-0.25, -0.2) is 9.36 Å². The Kier molecular flexibility index (Phi) is 5.90. The van der Waals surface area contributed by atoms with Crippen LogP contribution in [0, 0.1) is 5.92 Å². The summed E-state index contributed by atoms with van der Waals surface area (Å²) in [5.41, 5.74) is -0.0780. The zero-order valence-electron chi connectivity index (χ0n) is 17.5. The van der Waals surface area contributed by atoms with Crippen molar-refractivity contribution in [1.82, 2.24) is 34.6 Å². The Morgan fingerprint density at radius 1 is 1.10 bits per heavy atom. The molecule has 0 aliphatic carbocycles. The van der Waals surface area contributed by atoms with E-state index in [1.807, 2.05) is 12.3 Å². The number of ether oxygens (including phenoxy) is 1. The second kappa shape index (κ2) is 9.11. The molecule has 0 bridgehead atoms. The Labute approximate surface area is 179 Å². The highest BCUT2D eigenvalue weighted by Gasteiger charge is 2.24. The fourth-order valence-corrected chi connectivity index (χ4v) is 4.31. The quantitative estimate of drug-likeness (QED) is 0.587. The first-order valence-corrected chi connectivity index (χ1v) is 11.0. The second-order valence-corrected chi connectivity index (χ2v) is 8.32. The molecule has 0 spiro atoms. The van der Waals surface area contributed by atoms with E-state index in [4.69, 9.17) is 9.26 Å². The van der Waals surface area contributed by atoms with Crippen molar-refractivity contribution in [3.63, 3.8) is 0 Å². The average Bonchev–Trinajstić information content (AvgIpc) is 3.50. The first-order chi connectivity index (χ1) is 15.2. The lowest BCUT2D eigenvalue weighted by Crippen LogP contribution is -2.36. The SMILES string of the molecule is O=c1ccc(-n2cccn2)nn1CC1CCN(Cc2noc(C3CCOCC3)n2)CC1. The van der Waals surface area contributed by atoms with Crippen LogP contribution in [-0.2, 0) is 17.8 Å². The highest BCUT2D eigenvalue weighted by atomic mass is 16.5. The Hall–Kier alpha value is -2.85. The lowest BCUT2D eigenvalue weighted by Gasteiger charge is -2.31. The van der Waals surface area contributed by atoms with Gasteiger partial charge in [0.25, 0.3) is 5.56 Å². The van der Waals surface area contributed by atoms with Crippen LogP contribution in [0.3, 0.4) is 0 Å². The van der Waals surface area contributed by atoms with Crippen molar-refractivity contribution in [2.75, 3.05) is 26.3 Å². The molecule has 31 heavy (non-hydrogen) atoms. The molecule has 5 heterocycles. The molecule has 2 aliphatic rings. The lowest BCUT2D eigenvalue weighted by atomic mass is 9.97. The molecule has 5 rings (SSSR count). The first-order valence-electron chi connectivity index (χ1n) is 11.0. The molecule has 0 unspecified atom stereocenters. The monoisotopic (exact) mass is 425 g/mol. The Balaban J connectivity index is 1.15. The average molecular weight is 425 g/mol. The predicted octanol–water partition coefficient (Wildman–Crippen LogP) is 1.62. The normalized spacial score (nSPS) is 19.1. The van der Waals surface area contributed by atoms with Crippen molar-refractivity contribution < 1.29 is 9.26 Å². The third-order valence-electron chi connectivity index (χ3n) is 6.15. The van der Waals surface area contributed by atoms with Gasteiger partial charge in [-0.05, 0) is 56.8 Å². The minimum absolute atomic E-state index is 0.0780. The van der Waals surface area contributed by atoms with Crippen LogP contribution < -0.4 is 5.56 Å². The van der Waals surface area contributed by atoms with Crippen LogP contribution in [0.15, 0.2) is 39.9 Å². The van der Waals surface area contributed by atoms with Crippen LogP contribution >= 0.6 is 0 Å². The van der Waals surface area contributed by atoms with Crippen molar-refractivity contribution in [2.24, 2.45) is 5.92 Å². The minimum Gasteiger partial charge on any atom is -0.381 e. The van der Waals surface area contributed by atoms with E-state index in [2.05, 4.69) is 25.2 Å². The van der Waals surface area contributed by atoms with Gasteiger partial charge in [-0.15, -0.1) is 5.10 Å². The van der Waals surface area contributed by atoms with Gasteiger partial charge in [0, 0.05) is 44.1 Å². The van der Waals surface area contributed by atoms with E-state index in [-0.39, 0.29) is 5.56 Å². The molecule has 10 nitrogen and oxygen atoms in total. The van der Waals surface area contributed by atoms with Gasteiger partial charge >= 0.3 is 0 Å². The summed E-state index contributed by atoms with van der Waals surface area (Å²) < 4.78 is 14.1. The number of likely N-dealkylation sites (tertiary alicyclic amines) is 1.